The first kappa shape index (κ1) is 21.6. The highest BCUT2D eigenvalue weighted by Crippen LogP contribution is 2.46. The van der Waals surface area contributed by atoms with Gasteiger partial charge in [0, 0.05) is 44.7 Å². The number of morpholine rings is 1. The van der Waals surface area contributed by atoms with E-state index in [1.54, 1.807) is 7.11 Å². The van der Waals surface area contributed by atoms with Crippen LogP contribution in [0, 0.1) is 12.3 Å². The fraction of sp³-hybridized carbons (Fsp3) is 0.600. The van der Waals surface area contributed by atoms with E-state index in [0.717, 1.165) is 81.3 Å². The third-order valence-corrected chi connectivity index (χ3v) is 8.02. The number of methoxy groups -OCH3 is 1. The summed E-state index contributed by atoms with van der Waals surface area (Å²) in [6.45, 7) is 17.9. The maximum absolute atomic E-state index is 6.14. The van der Waals surface area contributed by atoms with E-state index in [1.807, 2.05) is 10.6 Å². The van der Waals surface area contributed by atoms with Crippen LogP contribution in [0.15, 0.2) is 37.1 Å². The molecular weight excluding hydrogens is 402 g/mol. The van der Waals surface area contributed by atoms with Crippen LogP contribution in [0.5, 0.6) is 0 Å². The zero-order valence-corrected chi connectivity index (χ0v) is 19.6. The third kappa shape index (κ3) is 3.29. The normalized spacial score (nSPS) is 31.1. The smallest absolute Gasteiger partial charge is 0.185 e. The van der Waals surface area contributed by atoms with Gasteiger partial charge < -0.3 is 14.4 Å². The van der Waals surface area contributed by atoms with Gasteiger partial charge in [0.15, 0.2) is 11.5 Å². The second-order valence-corrected chi connectivity index (χ2v) is 9.84. The molecule has 0 N–H and O–H groups in total. The molecule has 2 aromatic heterocycles. The average molecular weight is 438 g/mol. The Morgan fingerprint density at radius 1 is 1.28 bits per heavy atom. The summed E-state index contributed by atoms with van der Waals surface area (Å²) >= 11 is 0. The summed E-state index contributed by atoms with van der Waals surface area (Å²) in [6, 6.07) is 2.54. The molecule has 0 amide bonds. The maximum atomic E-state index is 6.14. The first-order chi connectivity index (χ1) is 15.4. The van der Waals surface area contributed by atoms with Crippen LogP contribution in [0.2, 0.25) is 0 Å². The van der Waals surface area contributed by atoms with Crippen molar-refractivity contribution >= 4 is 11.3 Å². The number of rotatable bonds is 6. The number of nitrogens with zero attached hydrogens (tertiary/aromatic N) is 5. The van der Waals surface area contributed by atoms with E-state index in [4.69, 9.17) is 19.6 Å². The predicted molar refractivity (Wildman–Crippen MR) is 126 cm³/mol. The molecule has 0 aromatic carbocycles. The van der Waals surface area contributed by atoms with E-state index < -0.39 is 5.60 Å². The summed E-state index contributed by atoms with van der Waals surface area (Å²) in [5, 5.41) is 4.97. The molecule has 2 aromatic rings. The van der Waals surface area contributed by atoms with Crippen molar-refractivity contribution in [1.29, 1.82) is 0 Å². The molecule has 5 rings (SSSR count). The monoisotopic (exact) mass is 437 g/mol. The van der Waals surface area contributed by atoms with Crippen molar-refractivity contribution in [2.75, 3.05) is 51.4 Å². The molecule has 7 heteroatoms. The van der Waals surface area contributed by atoms with Gasteiger partial charge in [0.1, 0.15) is 5.60 Å². The van der Waals surface area contributed by atoms with Gasteiger partial charge in [-0.05, 0) is 43.4 Å². The average Bonchev–Trinajstić information content (AvgIpc) is 3.39. The van der Waals surface area contributed by atoms with Crippen LogP contribution in [0.1, 0.15) is 37.6 Å². The van der Waals surface area contributed by atoms with Crippen LogP contribution in [0.25, 0.3) is 5.65 Å². The van der Waals surface area contributed by atoms with Gasteiger partial charge in [0.05, 0.1) is 25.1 Å². The molecule has 2 aliphatic heterocycles. The molecule has 7 nitrogen and oxygen atoms in total. The molecule has 2 unspecified atom stereocenters. The first-order valence-electron chi connectivity index (χ1n) is 11.7. The second kappa shape index (κ2) is 7.97. The van der Waals surface area contributed by atoms with Gasteiger partial charge >= 0.3 is 0 Å². The molecule has 0 spiro atoms. The number of hydrogen-bond acceptors (Lipinski definition) is 6. The van der Waals surface area contributed by atoms with E-state index in [-0.39, 0.29) is 5.41 Å². The Morgan fingerprint density at radius 3 is 2.72 bits per heavy atom. The lowest BCUT2D eigenvalue weighted by Crippen LogP contribution is -2.61. The number of hydrogen-bond donors (Lipinski definition) is 0. The van der Waals surface area contributed by atoms with Crippen LogP contribution in [0.3, 0.4) is 0 Å². The zero-order valence-electron chi connectivity index (χ0n) is 19.6. The molecule has 4 heterocycles. The Hall–Kier alpha value is -2.22. The number of ether oxygens (including phenoxy) is 2. The summed E-state index contributed by atoms with van der Waals surface area (Å²) < 4.78 is 13.6. The van der Waals surface area contributed by atoms with Crippen molar-refractivity contribution in [3.63, 3.8) is 0 Å². The summed E-state index contributed by atoms with van der Waals surface area (Å²) in [5.74, 6) is 0.800. The highest BCUT2D eigenvalue weighted by atomic mass is 16.5. The van der Waals surface area contributed by atoms with Gasteiger partial charge in [-0.25, -0.2) is 9.50 Å². The lowest BCUT2D eigenvalue weighted by molar-refractivity contribution is -0.165. The van der Waals surface area contributed by atoms with Crippen LogP contribution >= 0.6 is 0 Å². The molecule has 32 heavy (non-hydrogen) atoms. The van der Waals surface area contributed by atoms with E-state index in [2.05, 4.69) is 49.1 Å². The molecular formula is C25H35N5O2. The number of fused-ring (bicyclic) bond motifs is 1. The van der Waals surface area contributed by atoms with Crippen LogP contribution in [-0.2, 0) is 15.1 Å². The summed E-state index contributed by atoms with van der Waals surface area (Å²) in [5.41, 5.74) is 3.95. The van der Waals surface area contributed by atoms with Gasteiger partial charge in [-0.2, -0.15) is 0 Å². The first-order valence-corrected chi connectivity index (χ1v) is 11.7. The van der Waals surface area contributed by atoms with Crippen LogP contribution < -0.4 is 4.90 Å². The lowest BCUT2D eigenvalue weighted by Gasteiger charge is -2.52. The van der Waals surface area contributed by atoms with E-state index in [1.165, 1.54) is 5.69 Å². The topological polar surface area (TPSA) is 55.1 Å². The van der Waals surface area contributed by atoms with E-state index in [9.17, 15) is 0 Å². The van der Waals surface area contributed by atoms with Gasteiger partial charge in [0.25, 0.3) is 0 Å². The van der Waals surface area contributed by atoms with Crippen molar-refractivity contribution in [3.8, 4) is 0 Å². The summed E-state index contributed by atoms with van der Waals surface area (Å²) in [6.07, 6.45) is 7.14. The number of anilines is 1. The second-order valence-electron chi connectivity index (χ2n) is 9.84. The molecule has 3 aliphatic rings. The molecule has 1 aliphatic carbocycles. The third-order valence-electron chi connectivity index (χ3n) is 8.02. The number of pyridine rings is 1. The summed E-state index contributed by atoms with van der Waals surface area (Å²) in [4.78, 5) is 9.89. The molecule has 2 saturated heterocycles. The zero-order chi connectivity index (χ0) is 22.5. The Kier molecular flexibility index (Phi) is 5.39. The van der Waals surface area contributed by atoms with E-state index in [0.29, 0.717) is 6.04 Å². The molecule has 0 bridgehead atoms. The maximum Gasteiger partial charge on any atom is 0.185 e. The number of allylic oxidation sites excluding steroid dienone is 1. The number of aromatic nitrogens is 3. The van der Waals surface area contributed by atoms with Crippen LogP contribution in [-0.4, -0.2) is 72.0 Å². The molecule has 3 fully saturated rings. The SMILES string of the molecule is C=CC(=C)[C@@]1(C)CCN(c2cc(C)c3nc(C4(OC)CCC4N4CCOCC4)nn3c2)C1. The highest BCUT2D eigenvalue weighted by Gasteiger charge is 2.54. The minimum Gasteiger partial charge on any atom is -0.379 e. The quantitative estimate of drug-likeness (QED) is 0.646. The van der Waals surface area contributed by atoms with E-state index >= 15 is 0 Å². The number of aryl methyl sites for hydroxylation is 1. The molecule has 3 atom stereocenters. The molecule has 1 saturated carbocycles. The highest BCUT2D eigenvalue weighted by molar-refractivity contribution is 5.58. The van der Waals surface area contributed by atoms with Gasteiger partial charge in [-0.3, -0.25) is 4.90 Å². The molecule has 0 radical (unpaired) electrons. The largest absolute Gasteiger partial charge is 0.379 e. The van der Waals surface area contributed by atoms with Crippen molar-refractivity contribution in [2.45, 2.75) is 44.8 Å². The molecule has 172 valence electrons. The Morgan fingerprint density at radius 2 is 2.06 bits per heavy atom. The van der Waals surface area contributed by atoms with Gasteiger partial charge in [-0.1, -0.05) is 26.2 Å². The summed E-state index contributed by atoms with van der Waals surface area (Å²) in [7, 11) is 1.80. The van der Waals surface area contributed by atoms with Crippen molar-refractivity contribution in [2.24, 2.45) is 5.41 Å². The lowest BCUT2D eigenvalue weighted by atomic mass is 9.72. The Bertz CT molecular complexity index is 1040. The standard InChI is InChI=1S/C25H35N5O2/c1-6-19(3)24(4)9-10-29(17-24)20-15-18(2)22-26-23(27-30(22)16-20)25(31-5)8-7-21(25)28-11-13-32-14-12-28/h6,15-16,21H,1,3,7-14,17H2,2,4-5H3/t21?,24-,25?/m0/s1. The van der Waals surface area contributed by atoms with Crippen LogP contribution in [0.4, 0.5) is 5.69 Å². The van der Waals surface area contributed by atoms with Crippen molar-refractivity contribution < 1.29 is 9.47 Å². The minimum atomic E-state index is -0.441. The minimum absolute atomic E-state index is 0.0650. The predicted octanol–water partition coefficient (Wildman–Crippen LogP) is 3.33. The van der Waals surface area contributed by atoms with Gasteiger partial charge in [0.2, 0.25) is 0 Å². The van der Waals surface area contributed by atoms with Crippen molar-refractivity contribution in [1.82, 2.24) is 19.5 Å². The fourth-order valence-corrected chi connectivity index (χ4v) is 5.67. The van der Waals surface area contributed by atoms with Crippen molar-refractivity contribution in [3.05, 3.63) is 48.5 Å². The Labute approximate surface area is 190 Å². The fourth-order valence-electron chi connectivity index (χ4n) is 5.67. The van der Waals surface area contributed by atoms with Gasteiger partial charge in [-0.15, -0.1) is 5.10 Å². The Balaban J connectivity index is 1.45.